The predicted octanol–water partition coefficient (Wildman–Crippen LogP) is 13.0. The van der Waals surface area contributed by atoms with Gasteiger partial charge in [-0.25, -0.2) is 0 Å². The molecule has 0 aliphatic carbocycles. The molecule has 0 fully saturated rings. The Bertz CT molecular complexity index is 1530. The summed E-state index contributed by atoms with van der Waals surface area (Å²) in [4.78, 5) is 15.2. The Hall–Kier alpha value is -0.703. The zero-order valence-corrected chi connectivity index (χ0v) is 37.3. The monoisotopic (exact) mass is 874 g/mol. The molecule has 3 aromatic carbocycles. The molecular weight excluding hydrogens is 814 g/mol. The number of benzene rings is 3. The maximum absolute atomic E-state index is 6.90. The molecule has 6 heteroatoms. The van der Waals surface area contributed by atoms with Gasteiger partial charge in [0.05, 0.1) is 0 Å². The molecule has 5 aromatic rings. The fourth-order valence-corrected chi connectivity index (χ4v) is 19.1. The van der Waals surface area contributed by atoms with Crippen LogP contribution in [0.15, 0.2) is 36.4 Å². The molecule has 0 aliphatic heterocycles. The van der Waals surface area contributed by atoms with Gasteiger partial charge in [0.25, 0.3) is 0 Å². The van der Waals surface area contributed by atoms with E-state index in [1.165, 1.54) is 106 Å². The summed E-state index contributed by atoms with van der Waals surface area (Å²) in [5.41, 5.74) is 0. The second kappa shape index (κ2) is 16.3. The molecule has 0 bridgehead atoms. The molecule has 0 aliphatic rings. The molecule has 0 amide bonds. The van der Waals surface area contributed by atoms with Crippen LogP contribution in [0.2, 0.25) is 29.6 Å². The van der Waals surface area contributed by atoms with Gasteiger partial charge in [0.15, 0.2) is 0 Å². The van der Waals surface area contributed by atoms with Crippen LogP contribution >= 0.6 is 22.7 Å². The average Bonchev–Trinajstić information content (AvgIpc) is 3.63. The fourth-order valence-electron chi connectivity index (χ4n) is 6.38. The summed E-state index contributed by atoms with van der Waals surface area (Å²) in [6.07, 6.45) is 15.2. The molecule has 0 radical (unpaired) electrons. The Morgan fingerprint density at radius 2 is 0.804 bits per heavy atom. The molecule has 0 atom stereocenters. The Labute approximate surface area is 295 Å². The van der Waals surface area contributed by atoms with Gasteiger partial charge in [-0.1, -0.05) is 39.5 Å². The normalized spacial score (nSPS) is 12.7. The fraction of sp³-hybridized carbons (Fsp3) is 0.550. The minimum atomic E-state index is -2.22. The predicted molar refractivity (Wildman–Crippen MR) is 216 cm³/mol. The number of hydrogen-bond donors (Lipinski definition) is 0. The van der Waals surface area contributed by atoms with Crippen molar-refractivity contribution in [2.45, 2.75) is 121 Å². The Morgan fingerprint density at radius 1 is 0.457 bits per heavy atom. The van der Waals surface area contributed by atoms with Crippen molar-refractivity contribution in [3.63, 3.8) is 0 Å². The third kappa shape index (κ3) is 8.90. The van der Waals surface area contributed by atoms with Gasteiger partial charge in [-0.3, -0.25) is 0 Å². The molecule has 0 saturated carbocycles. The molecule has 0 N–H and O–H groups in total. The van der Waals surface area contributed by atoms with Crippen molar-refractivity contribution in [3.8, 4) is 11.5 Å². The van der Waals surface area contributed by atoms with Crippen LogP contribution in [0.1, 0.15) is 90.9 Å². The topological polar surface area (TPSA) is 18.5 Å². The van der Waals surface area contributed by atoms with Crippen LogP contribution < -0.4 is 15.3 Å². The van der Waals surface area contributed by atoms with Gasteiger partial charge in [0.1, 0.15) is 0 Å². The molecule has 0 spiro atoms. The molecule has 250 valence electrons. The summed E-state index contributed by atoms with van der Waals surface area (Å²) in [6.45, 7) is 6.12. The van der Waals surface area contributed by atoms with Crippen molar-refractivity contribution in [2.75, 3.05) is 13.2 Å². The number of fused-ring (bicyclic) bond motifs is 4. The van der Waals surface area contributed by atoms with Gasteiger partial charge in [0.2, 0.25) is 0 Å². The Kier molecular flexibility index (Phi) is 13.0. The van der Waals surface area contributed by atoms with Gasteiger partial charge in [-0.2, -0.15) is 0 Å². The first-order valence-corrected chi connectivity index (χ1v) is 39.8. The van der Waals surface area contributed by atoms with Crippen LogP contribution in [-0.4, -0.2) is 50.0 Å². The molecule has 2 heterocycles. The summed E-state index contributed by atoms with van der Waals surface area (Å²) < 4.78 is 19.8. The van der Waals surface area contributed by atoms with Crippen molar-refractivity contribution >= 4 is 107 Å². The Balaban J connectivity index is 1.64. The van der Waals surface area contributed by atoms with Crippen LogP contribution in [0.3, 0.4) is 0 Å². The van der Waals surface area contributed by atoms with E-state index < -0.39 is 36.8 Å². The van der Waals surface area contributed by atoms with Gasteiger partial charge >= 0.3 is 259 Å². The number of ether oxygens (including phenoxy) is 2. The van der Waals surface area contributed by atoms with Gasteiger partial charge in [-0.05, 0) is 0 Å². The molecule has 0 unspecified atom stereocenters. The van der Waals surface area contributed by atoms with E-state index >= 15 is 0 Å². The van der Waals surface area contributed by atoms with Crippen molar-refractivity contribution in [1.82, 2.24) is 0 Å². The van der Waals surface area contributed by atoms with Crippen LogP contribution in [0.5, 0.6) is 11.5 Å². The second-order valence-corrected chi connectivity index (χ2v) is 48.5. The first kappa shape index (κ1) is 36.6. The molecule has 2 aromatic heterocycles. The maximum atomic E-state index is 6.90. The van der Waals surface area contributed by atoms with E-state index in [0.29, 0.717) is 0 Å². The van der Waals surface area contributed by atoms with Crippen molar-refractivity contribution in [2.24, 2.45) is 0 Å². The van der Waals surface area contributed by atoms with E-state index in [9.17, 15) is 0 Å². The van der Waals surface area contributed by atoms with E-state index in [1.807, 2.05) is 22.7 Å². The quantitative estimate of drug-likeness (QED) is 0.0496. The second-order valence-electron chi connectivity index (χ2n) is 15.5. The number of unbranched alkanes of at least 4 members (excludes halogenated alkanes) is 10. The van der Waals surface area contributed by atoms with Crippen molar-refractivity contribution in [1.29, 1.82) is 0 Å². The van der Waals surface area contributed by atoms with Gasteiger partial charge < -0.3 is 0 Å². The van der Waals surface area contributed by atoms with Crippen molar-refractivity contribution < 1.29 is 9.47 Å². The first-order valence-electron chi connectivity index (χ1n) is 18.2. The van der Waals surface area contributed by atoms with E-state index in [0.717, 1.165) is 37.6 Å². The van der Waals surface area contributed by atoms with Crippen LogP contribution in [-0.2, 0) is 0 Å². The molecule has 46 heavy (non-hydrogen) atoms. The standard InChI is InChI=1S/C34H40O2S2.6CH3.2Sn/c1-3-5-7-9-11-13-17-35-33-27-21-25-15-19-38-32(25)24-30(27)34(36-18-14-12-10-8-6-4-2)28-22-26-16-20-37-31(26)23-29(28)33;;;;;;;;/h15-16,21-24H,3-14,17-18H2,1-2H3;6*1H3;;. The third-order valence-electron chi connectivity index (χ3n) is 9.26. The van der Waals surface area contributed by atoms with E-state index in [4.69, 9.17) is 9.47 Å². The summed E-state index contributed by atoms with van der Waals surface area (Å²) >= 11 is -0.399. The zero-order chi connectivity index (χ0) is 32.9. The minimum absolute atomic E-state index is 0.770. The summed E-state index contributed by atoms with van der Waals surface area (Å²) in [5.74, 6) is 2.13. The summed E-state index contributed by atoms with van der Waals surface area (Å²) in [5, 5.41) is 7.64. The van der Waals surface area contributed by atoms with Crippen molar-refractivity contribution in [3.05, 3.63) is 36.4 Å². The molecule has 2 nitrogen and oxygen atoms in total. The summed E-state index contributed by atoms with van der Waals surface area (Å²) in [7, 11) is 0. The number of hydrogen-bond acceptors (Lipinski definition) is 4. The van der Waals surface area contributed by atoms with Crippen LogP contribution in [0.4, 0.5) is 0 Å². The molecule has 5 rings (SSSR count). The average molecular weight is 872 g/mol. The van der Waals surface area contributed by atoms with Crippen LogP contribution in [0, 0.1) is 0 Å². The van der Waals surface area contributed by atoms with E-state index in [2.05, 4.69) is 79.9 Å². The zero-order valence-electron chi connectivity index (χ0n) is 30.0. The van der Waals surface area contributed by atoms with E-state index in [-0.39, 0.29) is 0 Å². The summed E-state index contributed by atoms with van der Waals surface area (Å²) in [6, 6.07) is 14.8. The van der Waals surface area contributed by atoms with Gasteiger partial charge in [-0.15, -0.1) is 0 Å². The molecule has 0 saturated heterocycles. The molecular formula is C40H58O2S2Sn2. The first-order chi connectivity index (χ1) is 22.0. The van der Waals surface area contributed by atoms with E-state index in [1.54, 1.807) is 5.79 Å². The number of rotatable bonds is 18. The number of thiophene rings is 2. The Morgan fingerprint density at radius 3 is 1.17 bits per heavy atom. The third-order valence-corrected chi connectivity index (χ3v) is 30.3. The van der Waals surface area contributed by atoms with Gasteiger partial charge in [0, 0.05) is 0 Å². The van der Waals surface area contributed by atoms with Crippen LogP contribution in [0.25, 0.3) is 41.7 Å². The SMILES string of the molecule is CCCCCCCCOc1c2cc3c[c]([Sn]([CH3])([CH3])[CH3])sc3cc2c(OCCCCCCCC)c2cc3c[c]([Sn]([CH3])([CH3])[CH3])sc3cc12.